The minimum absolute atomic E-state index is 0.437. The zero-order valence-corrected chi connectivity index (χ0v) is 12.0. The lowest BCUT2D eigenvalue weighted by Crippen LogP contribution is -2.52. The van der Waals surface area contributed by atoms with Crippen LogP contribution in [0.5, 0.6) is 0 Å². The van der Waals surface area contributed by atoms with E-state index in [1.165, 1.54) is 48.8 Å². The third-order valence-corrected chi connectivity index (χ3v) is 5.47. The quantitative estimate of drug-likeness (QED) is 0.905. The second kappa shape index (κ2) is 5.29. The van der Waals surface area contributed by atoms with Crippen molar-refractivity contribution in [1.29, 1.82) is 0 Å². The maximum Gasteiger partial charge on any atom is 0.0565 e. The molecule has 0 saturated carbocycles. The van der Waals surface area contributed by atoms with E-state index >= 15 is 0 Å². The summed E-state index contributed by atoms with van der Waals surface area (Å²) in [6.07, 6.45) is 2.75. The first kappa shape index (κ1) is 12.6. The average Bonchev–Trinajstić information content (AvgIpc) is 2.99. The van der Waals surface area contributed by atoms with Crippen molar-refractivity contribution in [3.05, 3.63) is 21.9 Å². The molecule has 0 aromatic carbocycles. The highest BCUT2D eigenvalue weighted by Crippen LogP contribution is 2.30. The van der Waals surface area contributed by atoms with Crippen molar-refractivity contribution in [1.82, 2.24) is 9.80 Å². The molecule has 0 amide bonds. The SMILES string of the molecule is Cc1ccc(C(CN)N2CCN3CCCC3C2)s1. The van der Waals surface area contributed by atoms with E-state index in [1.807, 2.05) is 11.3 Å². The molecular formula is C14H23N3S. The third kappa shape index (κ3) is 2.35. The van der Waals surface area contributed by atoms with E-state index < -0.39 is 0 Å². The van der Waals surface area contributed by atoms with Gasteiger partial charge in [-0.1, -0.05) is 0 Å². The number of hydrogen-bond acceptors (Lipinski definition) is 4. The lowest BCUT2D eigenvalue weighted by atomic mass is 10.1. The Hall–Kier alpha value is -0.420. The van der Waals surface area contributed by atoms with Crippen LogP contribution in [0.1, 0.15) is 28.6 Å². The van der Waals surface area contributed by atoms with Crippen molar-refractivity contribution < 1.29 is 0 Å². The summed E-state index contributed by atoms with van der Waals surface area (Å²) in [6.45, 7) is 7.84. The molecule has 2 fully saturated rings. The van der Waals surface area contributed by atoms with Gasteiger partial charge in [-0.3, -0.25) is 9.80 Å². The standard InChI is InChI=1S/C14H23N3S/c1-11-4-5-14(18-11)13(9-15)17-8-7-16-6-2-3-12(16)10-17/h4-5,12-13H,2-3,6-10,15H2,1H3. The predicted molar refractivity (Wildman–Crippen MR) is 77.0 cm³/mol. The molecule has 1 aromatic rings. The molecule has 3 nitrogen and oxygen atoms in total. The third-order valence-electron chi connectivity index (χ3n) is 4.37. The van der Waals surface area contributed by atoms with Gasteiger partial charge in [0.2, 0.25) is 0 Å². The Morgan fingerprint density at radius 3 is 3.00 bits per heavy atom. The molecule has 4 heteroatoms. The average molecular weight is 265 g/mol. The van der Waals surface area contributed by atoms with E-state index in [0.717, 1.165) is 12.6 Å². The number of fused-ring (bicyclic) bond motifs is 1. The first-order chi connectivity index (χ1) is 8.78. The van der Waals surface area contributed by atoms with Gasteiger partial charge >= 0.3 is 0 Å². The molecule has 2 aliphatic rings. The number of piperazine rings is 1. The van der Waals surface area contributed by atoms with Gasteiger partial charge in [0, 0.05) is 42.0 Å². The maximum atomic E-state index is 6.03. The molecule has 0 spiro atoms. The normalized spacial score (nSPS) is 27.3. The Morgan fingerprint density at radius 1 is 1.39 bits per heavy atom. The van der Waals surface area contributed by atoms with E-state index in [4.69, 9.17) is 5.73 Å². The van der Waals surface area contributed by atoms with Crippen LogP contribution in [-0.2, 0) is 0 Å². The molecule has 2 N–H and O–H groups in total. The Morgan fingerprint density at radius 2 is 2.28 bits per heavy atom. The lowest BCUT2D eigenvalue weighted by Gasteiger charge is -2.41. The first-order valence-electron chi connectivity index (χ1n) is 7.02. The molecule has 0 radical (unpaired) electrons. The highest BCUT2D eigenvalue weighted by molar-refractivity contribution is 7.12. The molecule has 2 aliphatic heterocycles. The highest BCUT2D eigenvalue weighted by Gasteiger charge is 2.33. The summed E-state index contributed by atoms with van der Waals surface area (Å²) in [5.41, 5.74) is 6.03. The second-order valence-corrected chi connectivity index (χ2v) is 6.85. The van der Waals surface area contributed by atoms with Crippen LogP contribution < -0.4 is 5.73 Å². The van der Waals surface area contributed by atoms with Crippen molar-refractivity contribution in [3.8, 4) is 0 Å². The van der Waals surface area contributed by atoms with Crippen LogP contribution >= 0.6 is 11.3 Å². The molecule has 1 aromatic heterocycles. The van der Waals surface area contributed by atoms with Gasteiger partial charge < -0.3 is 5.73 Å². The largest absolute Gasteiger partial charge is 0.329 e. The molecule has 0 bridgehead atoms. The van der Waals surface area contributed by atoms with E-state index in [2.05, 4.69) is 28.9 Å². The Bertz CT molecular complexity index is 403. The fourth-order valence-electron chi connectivity index (χ4n) is 3.38. The Kier molecular flexibility index (Phi) is 3.71. The van der Waals surface area contributed by atoms with Crippen LogP contribution in [0.4, 0.5) is 0 Å². The summed E-state index contributed by atoms with van der Waals surface area (Å²) in [4.78, 5) is 8.10. The topological polar surface area (TPSA) is 32.5 Å². The van der Waals surface area contributed by atoms with E-state index in [0.29, 0.717) is 6.04 Å². The van der Waals surface area contributed by atoms with Gasteiger partial charge in [0.25, 0.3) is 0 Å². The number of aryl methyl sites for hydroxylation is 1. The van der Waals surface area contributed by atoms with Gasteiger partial charge in [-0.15, -0.1) is 11.3 Å². The molecule has 100 valence electrons. The van der Waals surface area contributed by atoms with Gasteiger partial charge in [0.05, 0.1) is 6.04 Å². The summed E-state index contributed by atoms with van der Waals surface area (Å²) < 4.78 is 0. The van der Waals surface area contributed by atoms with Crippen molar-refractivity contribution in [2.75, 3.05) is 32.7 Å². The molecule has 3 rings (SSSR count). The monoisotopic (exact) mass is 265 g/mol. The zero-order valence-electron chi connectivity index (χ0n) is 11.1. The number of rotatable bonds is 3. The number of nitrogens with zero attached hydrogens (tertiary/aromatic N) is 2. The van der Waals surface area contributed by atoms with Gasteiger partial charge in [-0.05, 0) is 38.4 Å². The molecule has 2 saturated heterocycles. The first-order valence-corrected chi connectivity index (χ1v) is 7.84. The van der Waals surface area contributed by atoms with Crippen molar-refractivity contribution in [2.45, 2.75) is 31.8 Å². The zero-order chi connectivity index (χ0) is 12.5. The summed E-state index contributed by atoms with van der Waals surface area (Å²) >= 11 is 1.90. The second-order valence-electron chi connectivity index (χ2n) is 5.53. The number of thiophene rings is 1. The summed E-state index contributed by atoms with van der Waals surface area (Å²) in [7, 11) is 0. The van der Waals surface area contributed by atoms with Crippen LogP contribution in [0.3, 0.4) is 0 Å². The maximum absolute atomic E-state index is 6.03. The van der Waals surface area contributed by atoms with E-state index in [1.54, 1.807) is 0 Å². The van der Waals surface area contributed by atoms with Gasteiger partial charge in [-0.2, -0.15) is 0 Å². The minimum atomic E-state index is 0.437. The van der Waals surface area contributed by atoms with Crippen LogP contribution in [0.25, 0.3) is 0 Å². The molecule has 2 unspecified atom stereocenters. The molecule has 0 aliphatic carbocycles. The van der Waals surface area contributed by atoms with Crippen LogP contribution in [0, 0.1) is 6.92 Å². The molecule has 2 atom stereocenters. The highest BCUT2D eigenvalue weighted by atomic mass is 32.1. The summed E-state index contributed by atoms with van der Waals surface area (Å²) in [5.74, 6) is 0. The molecular weight excluding hydrogens is 242 g/mol. The summed E-state index contributed by atoms with van der Waals surface area (Å²) in [6, 6.07) is 5.70. The molecule has 3 heterocycles. The Labute approximate surface area is 114 Å². The van der Waals surface area contributed by atoms with E-state index in [9.17, 15) is 0 Å². The van der Waals surface area contributed by atoms with E-state index in [-0.39, 0.29) is 0 Å². The van der Waals surface area contributed by atoms with Crippen LogP contribution in [0.15, 0.2) is 12.1 Å². The van der Waals surface area contributed by atoms with Crippen LogP contribution in [-0.4, -0.2) is 48.6 Å². The van der Waals surface area contributed by atoms with Gasteiger partial charge in [0.1, 0.15) is 0 Å². The van der Waals surface area contributed by atoms with Crippen molar-refractivity contribution >= 4 is 11.3 Å². The number of nitrogens with two attached hydrogens (primary N) is 1. The van der Waals surface area contributed by atoms with Crippen molar-refractivity contribution in [3.63, 3.8) is 0 Å². The van der Waals surface area contributed by atoms with Crippen molar-refractivity contribution in [2.24, 2.45) is 5.73 Å². The summed E-state index contributed by atoms with van der Waals surface area (Å²) in [5, 5.41) is 0. The fourth-order valence-corrected chi connectivity index (χ4v) is 4.40. The predicted octanol–water partition coefficient (Wildman–Crippen LogP) is 1.84. The minimum Gasteiger partial charge on any atom is -0.329 e. The van der Waals surface area contributed by atoms with Gasteiger partial charge in [-0.25, -0.2) is 0 Å². The lowest BCUT2D eigenvalue weighted by molar-refractivity contribution is 0.0748. The number of hydrogen-bond donors (Lipinski definition) is 1. The smallest absolute Gasteiger partial charge is 0.0565 e. The fraction of sp³-hybridized carbons (Fsp3) is 0.714. The van der Waals surface area contributed by atoms with Crippen LogP contribution in [0.2, 0.25) is 0 Å². The Balaban J connectivity index is 1.72. The van der Waals surface area contributed by atoms with Gasteiger partial charge in [0.15, 0.2) is 0 Å². The molecule has 18 heavy (non-hydrogen) atoms.